The number of carbonyl (C=O) groups excluding carboxylic acids is 1. The Labute approximate surface area is 145 Å². The quantitative estimate of drug-likeness (QED) is 0.715. The summed E-state index contributed by atoms with van der Waals surface area (Å²) < 4.78 is 5.41. The van der Waals surface area contributed by atoms with Crippen LogP contribution in [0.3, 0.4) is 0 Å². The molecular weight excluding hydrogens is 316 g/mol. The molecule has 1 amide bonds. The molecule has 0 saturated heterocycles. The van der Waals surface area contributed by atoms with Gasteiger partial charge in [0.05, 0.1) is 6.61 Å². The van der Waals surface area contributed by atoms with Gasteiger partial charge in [0.2, 0.25) is 5.95 Å². The maximum atomic E-state index is 12.3. The van der Waals surface area contributed by atoms with E-state index in [2.05, 4.69) is 20.6 Å². The number of anilines is 3. The summed E-state index contributed by atoms with van der Waals surface area (Å²) in [7, 11) is 0. The molecule has 2 aromatic carbocycles. The predicted octanol–water partition coefficient (Wildman–Crippen LogP) is 3.87. The zero-order valence-corrected chi connectivity index (χ0v) is 13.8. The molecule has 3 aromatic rings. The second-order valence-corrected chi connectivity index (χ2v) is 5.17. The van der Waals surface area contributed by atoms with Crippen molar-refractivity contribution in [1.29, 1.82) is 0 Å². The van der Waals surface area contributed by atoms with Crippen LogP contribution in [0.15, 0.2) is 66.9 Å². The molecule has 1 heterocycles. The fourth-order valence-electron chi connectivity index (χ4n) is 2.19. The van der Waals surface area contributed by atoms with Gasteiger partial charge in [-0.3, -0.25) is 4.79 Å². The molecule has 0 aliphatic carbocycles. The number of carbonyl (C=O) groups is 1. The van der Waals surface area contributed by atoms with Gasteiger partial charge in [0, 0.05) is 17.6 Å². The molecule has 0 saturated carbocycles. The molecule has 0 fully saturated rings. The Balaban J connectivity index is 1.69. The van der Waals surface area contributed by atoms with Crippen molar-refractivity contribution in [3.63, 3.8) is 0 Å². The van der Waals surface area contributed by atoms with E-state index >= 15 is 0 Å². The topological polar surface area (TPSA) is 76.1 Å². The van der Waals surface area contributed by atoms with Crippen molar-refractivity contribution >= 4 is 23.2 Å². The summed E-state index contributed by atoms with van der Waals surface area (Å²) in [5.41, 5.74) is 1.81. The van der Waals surface area contributed by atoms with E-state index < -0.39 is 0 Å². The van der Waals surface area contributed by atoms with Gasteiger partial charge in [0.25, 0.3) is 5.91 Å². The molecule has 6 nitrogen and oxygen atoms in total. The molecule has 25 heavy (non-hydrogen) atoms. The first-order chi connectivity index (χ1) is 12.2. The molecule has 3 rings (SSSR count). The number of rotatable bonds is 6. The van der Waals surface area contributed by atoms with Gasteiger partial charge in [-0.25, -0.2) is 9.97 Å². The lowest BCUT2D eigenvalue weighted by atomic mass is 10.3. The second kappa shape index (κ2) is 7.92. The molecule has 126 valence electrons. The van der Waals surface area contributed by atoms with Gasteiger partial charge in [-0.2, -0.15) is 0 Å². The van der Waals surface area contributed by atoms with E-state index in [1.807, 2.05) is 61.5 Å². The van der Waals surface area contributed by atoms with Gasteiger partial charge >= 0.3 is 0 Å². The van der Waals surface area contributed by atoms with Crippen molar-refractivity contribution in [2.24, 2.45) is 0 Å². The van der Waals surface area contributed by atoms with Crippen LogP contribution in [-0.4, -0.2) is 22.5 Å². The molecule has 0 atom stereocenters. The highest BCUT2D eigenvalue weighted by Gasteiger charge is 2.09. The Morgan fingerprint density at radius 3 is 2.48 bits per heavy atom. The number of hydrogen-bond acceptors (Lipinski definition) is 5. The maximum absolute atomic E-state index is 12.3. The summed E-state index contributed by atoms with van der Waals surface area (Å²) >= 11 is 0. The fraction of sp³-hybridized carbons (Fsp3) is 0.105. The average molecular weight is 334 g/mol. The molecule has 0 spiro atoms. The van der Waals surface area contributed by atoms with Gasteiger partial charge in [0.1, 0.15) is 11.4 Å². The van der Waals surface area contributed by atoms with Crippen molar-refractivity contribution in [2.75, 3.05) is 17.2 Å². The van der Waals surface area contributed by atoms with Gasteiger partial charge in [0.15, 0.2) is 0 Å². The number of amides is 1. The van der Waals surface area contributed by atoms with E-state index in [1.165, 1.54) is 0 Å². The van der Waals surface area contributed by atoms with Gasteiger partial charge in [-0.1, -0.05) is 18.2 Å². The second-order valence-electron chi connectivity index (χ2n) is 5.17. The molecule has 0 unspecified atom stereocenters. The molecule has 0 radical (unpaired) electrons. The van der Waals surface area contributed by atoms with Gasteiger partial charge in [-0.15, -0.1) is 0 Å². The zero-order valence-electron chi connectivity index (χ0n) is 13.8. The number of hydrogen-bond donors (Lipinski definition) is 2. The first-order valence-electron chi connectivity index (χ1n) is 7.94. The standard InChI is InChI=1S/C19H18N4O2/c1-2-25-16-10-8-15(9-11-16)22-19-20-13-12-17(23-19)18(24)21-14-6-4-3-5-7-14/h3-13H,2H2,1H3,(H,21,24)(H,20,22,23). The highest BCUT2D eigenvalue weighted by molar-refractivity contribution is 6.02. The Morgan fingerprint density at radius 2 is 1.76 bits per heavy atom. The fourth-order valence-corrected chi connectivity index (χ4v) is 2.19. The largest absolute Gasteiger partial charge is 0.494 e. The van der Waals surface area contributed by atoms with Crippen LogP contribution in [0.5, 0.6) is 5.75 Å². The molecule has 6 heteroatoms. The van der Waals surface area contributed by atoms with E-state index in [0.29, 0.717) is 18.2 Å². The van der Waals surface area contributed by atoms with Crippen molar-refractivity contribution in [1.82, 2.24) is 9.97 Å². The first-order valence-corrected chi connectivity index (χ1v) is 7.94. The summed E-state index contributed by atoms with van der Waals surface area (Å²) in [6.45, 7) is 2.56. The number of aromatic nitrogens is 2. The summed E-state index contributed by atoms with van der Waals surface area (Å²) in [5.74, 6) is 0.859. The van der Waals surface area contributed by atoms with E-state index in [0.717, 1.165) is 11.4 Å². The lowest BCUT2D eigenvalue weighted by molar-refractivity contribution is 0.102. The Bertz CT molecular complexity index is 836. The van der Waals surface area contributed by atoms with E-state index in [-0.39, 0.29) is 11.6 Å². The van der Waals surface area contributed by atoms with Crippen LogP contribution in [-0.2, 0) is 0 Å². The van der Waals surface area contributed by atoms with Crippen molar-refractivity contribution in [3.8, 4) is 5.75 Å². The zero-order chi connectivity index (χ0) is 17.5. The third-order valence-electron chi connectivity index (χ3n) is 3.34. The number of nitrogens with zero attached hydrogens (tertiary/aromatic N) is 2. The minimum atomic E-state index is -0.289. The summed E-state index contributed by atoms with van der Waals surface area (Å²) in [6, 6.07) is 18.3. The molecule has 0 bridgehead atoms. The molecule has 2 N–H and O–H groups in total. The van der Waals surface area contributed by atoms with Crippen LogP contribution in [0, 0.1) is 0 Å². The molecule has 1 aromatic heterocycles. The van der Waals surface area contributed by atoms with Crippen LogP contribution < -0.4 is 15.4 Å². The van der Waals surface area contributed by atoms with Crippen LogP contribution >= 0.6 is 0 Å². The molecular formula is C19H18N4O2. The summed E-state index contributed by atoms with van der Waals surface area (Å²) in [4.78, 5) is 20.7. The van der Waals surface area contributed by atoms with Crippen LogP contribution in [0.2, 0.25) is 0 Å². The molecule has 0 aliphatic heterocycles. The lowest BCUT2D eigenvalue weighted by Crippen LogP contribution is -2.14. The number of benzene rings is 2. The van der Waals surface area contributed by atoms with Crippen molar-refractivity contribution in [3.05, 3.63) is 72.6 Å². The van der Waals surface area contributed by atoms with Crippen molar-refractivity contribution in [2.45, 2.75) is 6.92 Å². The SMILES string of the molecule is CCOc1ccc(Nc2nccc(C(=O)Nc3ccccc3)n2)cc1. The predicted molar refractivity (Wildman–Crippen MR) is 97.3 cm³/mol. The Hall–Kier alpha value is -3.41. The third kappa shape index (κ3) is 4.54. The average Bonchev–Trinajstić information content (AvgIpc) is 2.65. The smallest absolute Gasteiger partial charge is 0.274 e. The first kappa shape index (κ1) is 16.4. The number of nitrogens with one attached hydrogen (secondary N) is 2. The van der Waals surface area contributed by atoms with E-state index in [9.17, 15) is 4.79 Å². The van der Waals surface area contributed by atoms with Crippen LogP contribution in [0.1, 0.15) is 17.4 Å². The van der Waals surface area contributed by atoms with Crippen molar-refractivity contribution < 1.29 is 9.53 Å². The van der Waals surface area contributed by atoms with E-state index in [4.69, 9.17) is 4.74 Å². The highest BCUT2D eigenvalue weighted by atomic mass is 16.5. The summed E-state index contributed by atoms with van der Waals surface area (Å²) in [5, 5.41) is 5.87. The van der Waals surface area contributed by atoms with Crippen LogP contribution in [0.4, 0.5) is 17.3 Å². The molecule has 0 aliphatic rings. The summed E-state index contributed by atoms with van der Waals surface area (Å²) in [6.07, 6.45) is 1.55. The number of para-hydroxylation sites is 1. The normalized spacial score (nSPS) is 10.1. The monoisotopic (exact) mass is 334 g/mol. The van der Waals surface area contributed by atoms with E-state index in [1.54, 1.807) is 12.3 Å². The maximum Gasteiger partial charge on any atom is 0.274 e. The van der Waals surface area contributed by atoms with Crippen LogP contribution in [0.25, 0.3) is 0 Å². The third-order valence-corrected chi connectivity index (χ3v) is 3.34. The highest BCUT2D eigenvalue weighted by Crippen LogP contribution is 2.18. The minimum absolute atomic E-state index is 0.285. The Morgan fingerprint density at radius 1 is 1.00 bits per heavy atom. The number of ether oxygens (including phenoxy) is 1. The lowest BCUT2D eigenvalue weighted by Gasteiger charge is -2.08. The van der Waals surface area contributed by atoms with Gasteiger partial charge < -0.3 is 15.4 Å². The van der Waals surface area contributed by atoms with Gasteiger partial charge in [-0.05, 0) is 49.4 Å². The Kier molecular flexibility index (Phi) is 5.21. The minimum Gasteiger partial charge on any atom is -0.494 e.